The summed E-state index contributed by atoms with van der Waals surface area (Å²) in [5.41, 5.74) is 1.13. The number of benzene rings is 1. The summed E-state index contributed by atoms with van der Waals surface area (Å²) in [6.07, 6.45) is 3.25. The summed E-state index contributed by atoms with van der Waals surface area (Å²) in [6.45, 7) is 5.33. The Morgan fingerprint density at radius 2 is 1.92 bits per heavy atom. The number of ether oxygens (including phenoxy) is 1. The van der Waals surface area contributed by atoms with Crippen LogP contribution in [0.3, 0.4) is 0 Å². The summed E-state index contributed by atoms with van der Waals surface area (Å²) >= 11 is 0. The molecule has 1 aromatic heterocycles. The van der Waals surface area contributed by atoms with Gasteiger partial charge in [0, 0.05) is 25.5 Å². The maximum Gasteiger partial charge on any atom is 0.243 e. The van der Waals surface area contributed by atoms with Gasteiger partial charge in [-0.2, -0.15) is 0 Å². The molecule has 1 saturated heterocycles. The van der Waals surface area contributed by atoms with Crippen molar-refractivity contribution < 1.29 is 9.53 Å². The van der Waals surface area contributed by atoms with Crippen molar-refractivity contribution in [1.29, 1.82) is 0 Å². The van der Waals surface area contributed by atoms with Gasteiger partial charge in [-0.15, -0.1) is 0 Å². The summed E-state index contributed by atoms with van der Waals surface area (Å²) in [5, 5.41) is 2.76. The molecular weight excluding hydrogens is 304 g/mol. The van der Waals surface area contributed by atoms with Gasteiger partial charge in [0.15, 0.2) is 0 Å². The standard InChI is InChI=1S/C18H22N4O2/c1-13-11-22(12-16(24-13)15-7-4-3-5-8-15)14(2)17(23)21-18-19-9-6-10-20-18/h3-10,13-14,16H,11-12H2,1-2H3,(H,19,20,21,23)/t13-,14-,16+/m1/s1. The van der Waals surface area contributed by atoms with E-state index in [-0.39, 0.29) is 24.2 Å². The molecule has 6 heteroatoms. The Morgan fingerprint density at radius 3 is 2.62 bits per heavy atom. The molecule has 1 N–H and O–H groups in total. The Kier molecular flexibility index (Phi) is 5.17. The Balaban J connectivity index is 1.67. The molecule has 2 aromatic rings. The van der Waals surface area contributed by atoms with Crippen LogP contribution in [0.25, 0.3) is 0 Å². The molecular formula is C18H22N4O2. The van der Waals surface area contributed by atoms with E-state index >= 15 is 0 Å². The largest absolute Gasteiger partial charge is 0.368 e. The monoisotopic (exact) mass is 326 g/mol. The maximum atomic E-state index is 12.5. The van der Waals surface area contributed by atoms with Crippen LogP contribution in [-0.2, 0) is 9.53 Å². The highest BCUT2D eigenvalue weighted by molar-refractivity contribution is 5.93. The molecule has 3 rings (SSSR count). The number of morpholine rings is 1. The second kappa shape index (κ2) is 7.51. The Bertz CT molecular complexity index is 665. The topological polar surface area (TPSA) is 67.4 Å². The van der Waals surface area contributed by atoms with E-state index in [9.17, 15) is 4.79 Å². The molecule has 1 aromatic carbocycles. The molecule has 1 amide bonds. The summed E-state index contributed by atoms with van der Waals surface area (Å²) in [5.74, 6) is 0.220. The number of carbonyl (C=O) groups excluding carboxylic acids is 1. The van der Waals surface area contributed by atoms with Crippen molar-refractivity contribution in [3.63, 3.8) is 0 Å². The third kappa shape index (κ3) is 3.96. The average Bonchev–Trinajstić information content (AvgIpc) is 2.62. The lowest BCUT2D eigenvalue weighted by Crippen LogP contribution is -2.51. The van der Waals surface area contributed by atoms with Crippen LogP contribution in [0.4, 0.5) is 5.95 Å². The molecule has 0 spiro atoms. The molecule has 3 atom stereocenters. The lowest BCUT2D eigenvalue weighted by atomic mass is 10.1. The van der Waals surface area contributed by atoms with Crippen molar-refractivity contribution in [2.45, 2.75) is 32.1 Å². The van der Waals surface area contributed by atoms with Crippen LogP contribution in [0.2, 0.25) is 0 Å². The maximum absolute atomic E-state index is 12.5. The van der Waals surface area contributed by atoms with Crippen molar-refractivity contribution in [3.8, 4) is 0 Å². The van der Waals surface area contributed by atoms with E-state index in [4.69, 9.17) is 4.74 Å². The minimum atomic E-state index is -0.286. The molecule has 1 aliphatic heterocycles. The lowest BCUT2D eigenvalue weighted by Gasteiger charge is -2.39. The van der Waals surface area contributed by atoms with Crippen LogP contribution in [0.1, 0.15) is 25.5 Å². The number of hydrogen-bond donors (Lipinski definition) is 1. The Morgan fingerprint density at radius 1 is 1.21 bits per heavy atom. The number of amides is 1. The van der Waals surface area contributed by atoms with E-state index in [0.717, 1.165) is 5.56 Å². The molecule has 0 bridgehead atoms. The third-order valence-electron chi connectivity index (χ3n) is 4.19. The van der Waals surface area contributed by atoms with Gasteiger partial charge in [-0.05, 0) is 25.5 Å². The highest BCUT2D eigenvalue weighted by atomic mass is 16.5. The van der Waals surface area contributed by atoms with Crippen LogP contribution < -0.4 is 5.32 Å². The van der Waals surface area contributed by atoms with Gasteiger partial charge in [-0.3, -0.25) is 15.0 Å². The van der Waals surface area contributed by atoms with E-state index in [2.05, 4.69) is 32.3 Å². The Labute approximate surface area is 141 Å². The average molecular weight is 326 g/mol. The van der Waals surface area contributed by atoms with Gasteiger partial charge in [0.1, 0.15) is 0 Å². The normalized spacial score (nSPS) is 22.8. The molecule has 1 aliphatic rings. The van der Waals surface area contributed by atoms with Crippen LogP contribution in [0.15, 0.2) is 48.8 Å². The van der Waals surface area contributed by atoms with Crippen LogP contribution >= 0.6 is 0 Å². The van der Waals surface area contributed by atoms with Gasteiger partial charge >= 0.3 is 0 Å². The van der Waals surface area contributed by atoms with Crippen molar-refractivity contribution in [2.24, 2.45) is 0 Å². The van der Waals surface area contributed by atoms with Gasteiger partial charge in [0.2, 0.25) is 11.9 Å². The smallest absolute Gasteiger partial charge is 0.243 e. The first-order chi connectivity index (χ1) is 11.6. The first kappa shape index (κ1) is 16.5. The zero-order valence-electron chi connectivity index (χ0n) is 13.9. The predicted octanol–water partition coefficient (Wildman–Crippen LogP) is 2.27. The van der Waals surface area contributed by atoms with E-state index < -0.39 is 0 Å². The molecule has 126 valence electrons. The quantitative estimate of drug-likeness (QED) is 0.933. The van der Waals surface area contributed by atoms with E-state index in [1.165, 1.54) is 0 Å². The summed E-state index contributed by atoms with van der Waals surface area (Å²) < 4.78 is 6.05. The molecule has 0 aliphatic carbocycles. The fourth-order valence-electron chi connectivity index (χ4n) is 2.90. The highest BCUT2D eigenvalue weighted by Crippen LogP contribution is 2.26. The zero-order valence-corrected chi connectivity index (χ0v) is 13.9. The van der Waals surface area contributed by atoms with Crippen molar-refractivity contribution in [2.75, 3.05) is 18.4 Å². The van der Waals surface area contributed by atoms with Gasteiger partial charge in [0.05, 0.1) is 18.2 Å². The van der Waals surface area contributed by atoms with Gasteiger partial charge in [-0.25, -0.2) is 9.97 Å². The summed E-state index contributed by atoms with van der Waals surface area (Å²) in [7, 11) is 0. The van der Waals surface area contributed by atoms with Gasteiger partial charge in [0.25, 0.3) is 0 Å². The molecule has 0 radical (unpaired) electrons. The van der Waals surface area contributed by atoms with Crippen LogP contribution in [0.5, 0.6) is 0 Å². The predicted molar refractivity (Wildman–Crippen MR) is 91.4 cm³/mol. The second-order valence-electron chi connectivity index (χ2n) is 6.04. The highest BCUT2D eigenvalue weighted by Gasteiger charge is 2.32. The minimum absolute atomic E-state index is 0.0295. The van der Waals surface area contributed by atoms with Crippen LogP contribution in [-0.4, -0.2) is 46.0 Å². The number of nitrogens with zero attached hydrogens (tertiary/aromatic N) is 3. The number of nitrogens with one attached hydrogen (secondary N) is 1. The first-order valence-corrected chi connectivity index (χ1v) is 8.16. The van der Waals surface area contributed by atoms with Crippen LogP contribution in [0, 0.1) is 0 Å². The third-order valence-corrected chi connectivity index (χ3v) is 4.19. The molecule has 0 saturated carbocycles. The molecule has 0 unspecified atom stereocenters. The SMILES string of the molecule is C[C@@H]1CN([C@H](C)C(=O)Nc2ncccn2)C[C@@H](c2ccccc2)O1. The van der Waals surface area contributed by atoms with E-state index in [1.54, 1.807) is 18.5 Å². The van der Waals surface area contributed by atoms with Gasteiger partial charge < -0.3 is 4.74 Å². The summed E-state index contributed by atoms with van der Waals surface area (Å²) in [4.78, 5) is 22.7. The lowest BCUT2D eigenvalue weighted by molar-refractivity contribution is -0.128. The first-order valence-electron chi connectivity index (χ1n) is 8.16. The van der Waals surface area contributed by atoms with Crippen molar-refractivity contribution in [3.05, 3.63) is 54.4 Å². The van der Waals surface area contributed by atoms with Gasteiger partial charge in [-0.1, -0.05) is 30.3 Å². The zero-order chi connectivity index (χ0) is 16.9. The molecule has 24 heavy (non-hydrogen) atoms. The van der Waals surface area contributed by atoms with Crippen molar-refractivity contribution >= 4 is 11.9 Å². The molecule has 6 nitrogen and oxygen atoms in total. The number of aromatic nitrogens is 2. The second-order valence-corrected chi connectivity index (χ2v) is 6.04. The Hall–Kier alpha value is -2.31. The number of hydrogen-bond acceptors (Lipinski definition) is 5. The number of rotatable bonds is 4. The van der Waals surface area contributed by atoms with E-state index in [1.807, 2.05) is 32.0 Å². The number of carbonyl (C=O) groups is 1. The fourth-order valence-corrected chi connectivity index (χ4v) is 2.90. The number of anilines is 1. The molecule has 1 fully saturated rings. The van der Waals surface area contributed by atoms with E-state index in [0.29, 0.717) is 19.0 Å². The fraction of sp³-hybridized carbons (Fsp3) is 0.389. The summed E-state index contributed by atoms with van der Waals surface area (Å²) in [6, 6.07) is 11.5. The minimum Gasteiger partial charge on any atom is -0.368 e. The molecule has 2 heterocycles. The van der Waals surface area contributed by atoms with Crippen molar-refractivity contribution in [1.82, 2.24) is 14.9 Å².